The highest BCUT2D eigenvalue weighted by atomic mass is 15.3. The first-order valence-corrected chi connectivity index (χ1v) is 7.51. The van der Waals surface area contributed by atoms with Crippen molar-refractivity contribution in [2.45, 2.75) is 45.6 Å². The standard InChI is InChI=1S/C17H23N3/c1-12(11-18-15-9-10-15)17-13(2)19-20(14(17)3)16-7-5-4-6-8-16/h4-8,12,15,18H,9-11H2,1-3H3. The smallest absolute Gasteiger partial charge is 0.0648 e. The van der Waals surface area contributed by atoms with Crippen LogP contribution in [0.25, 0.3) is 5.69 Å². The van der Waals surface area contributed by atoms with Crippen LogP contribution in [0.5, 0.6) is 0 Å². The average molecular weight is 269 g/mol. The number of benzene rings is 1. The molecule has 1 N–H and O–H groups in total. The van der Waals surface area contributed by atoms with Gasteiger partial charge >= 0.3 is 0 Å². The number of nitrogens with zero attached hydrogens (tertiary/aromatic N) is 2. The molecule has 20 heavy (non-hydrogen) atoms. The maximum atomic E-state index is 4.73. The van der Waals surface area contributed by atoms with E-state index in [0.29, 0.717) is 5.92 Å². The highest BCUT2D eigenvalue weighted by Gasteiger charge is 2.23. The SMILES string of the molecule is Cc1nn(-c2ccccc2)c(C)c1C(C)CNC1CC1. The monoisotopic (exact) mass is 269 g/mol. The van der Waals surface area contributed by atoms with Crippen molar-refractivity contribution in [2.75, 3.05) is 6.54 Å². The number of aromatic nitrogens is 2. The molecule has 3 heteroatoms. The molecule has 0 radical (unpaired) electrons. The molecule has 1 aromatic carbocycles. The highest BCUT2D eigenvalue weighted by molar-refractivity contribution is 5.38. The van der Waals surface area contributed by atoms with Gasteiger partial charge in [-0.1, -0.05) is 25.1 Å². The lowest BCUT2D eigenvalue weighted by Crippen LogP contribution is -2.22. The first kappa shape index (κ1) is 13.4. The van der Waals surface area contributed by atoms with Crippen LogP contribution in [-0.2, 0) is 0 Å². The molecule has 1 saturated carbocycles. The van der Waals surface area contributed by atoms with Crippen LogP contribution in [0.2, 0.25) is 0 Å². The molecule has 3 rings (SSSR count). The Morgan fingerprint density at radius 2 is 1.95 bits per heavy atom. The van der Waals surface area contributed by atoms with Gasteiger partial charge in [-0.2, -0.15) is 5.10 Å². The van der Waals surface area contributed by atoms with Crippen molar-refractivity contribution in [3.8, 4) is 5.69 Å². The molecule has 1 heterocycles. The zero-order chi connectivity index (χ0) is 14.1. The van der Waals surface area contributed by atoms with Crippen LogP contribution in [0.3, 0.4) is 0 Å². The van der Waals surface area contributed by atoms with Crippen LogP contribution in [0.4, 0.5) is 0 Å². The van der Waals surface area contributed by atoms with Gasteiger partial charge in [0.2, 0.25) is 0 Å². The molecule has 0 amide bonds. The number of para-hydroxylation sites is 1. The van der Waals surface area contributed by atoms with Gasteiger partial charge in [0.25, 0.3) is 0 Å². The molecule has 1 unspecified atom stereocenters. The fraction of sp³-hybridized carbons (Fsp3) is 0.471. The Hall–Kier alpha value is -1.61. The summed E-state index contributed by atoms with van der Waals surface area (Å²) in [7, 11) is 0. The van der Waals surface area contributed by atoms with Gasteiger partial charge in [0, 0.05) is 23.8 Å². The van der Waals surface area contributed by atoms with E-state index in [-0.39, 0.29) is 0 Å². The normalized spacial score (nSPS) is 16.4. The molecule has 3 nitrogen and oxygen atoms in total. The average Bonchev–Trinajstić information content (AvgIpc) is 3.23. The maximum Gasteiger partial charge on any atom is 0.0648 e. The minimum absolute atomic E-state index is 0.507. The summed E-state index contributed by atoms with van der Waals surface area (Å²) in [4.78, 5) is 0. The minimum Gasteiger partial charge on any atom is -0.313 e. The summed E-state index contributed by atoms with van der Waals surface area (Å²) in [6, 6.07) is 11.1. The van der Waals surface area contributed by atoms with Crippen molar-refractivity contribution in [3.63, 3.8) is 0 Å². The molecular weight excluding hydrogens is 246 g/mol. The van der Waals surface area contributed by atoms with Crippen LogP contribution >= 0.6 is 0 Å². The fourth-order valence-corrected chi connectivity index (χ4v) is 2.92. The molecule has 2 aromatic rings. The van der Waals surface area contributed by atoms with Gasteiger partial charge in [0.1, 0.15) is 0 Å². The summed E-state index contributed by atoms with van der Waals surface area (Å²) >= 11 is 0. The van der Waals surface area contributed by atoms with Crippen molar-refractivity contribution in [1.29, 1.82) is 0 Å². The summed E-state index contributed by atoms with van der Waals surface area (Å²) in [5.74, 6) is 0.507. The van der Waals surface area contributed by atoms with Crippen LogP contribution in [-0.4, -0.2) is 22.4 Å². The first-order chi connectivity index (χ1) is 9.66. The van der Waals surface area contributed by atoms with E-state index >= 15 is 0 Å². The number of rotatable bonds is 5. The summed E-state index contributed by atoms with van der Waals surface area (Å²) in [5.41, 5.74) is 4.94. The topological polar surface area (TPSA) is 29.9 Å². The Morgan fingerprint density at radius 1 is 1.25 bits per heavy atom. The zero-order valence-electron chi connectivity index (χ0n) is 12.6. The van der Waals surface area contributed by atoms with E-state index in [0.717, 1.165) is 24.0 Å². The molecule has 1 aliphatic carbocycles. The van der Waals surface area contributed by atoms with Gasteiger partial charge in [-0.25, -0.2) is 4.68 Å². The first-order valence-electron chi connectivity index (χ1n) is 7.51. The van der Waals surface area contributed by atoms with Crippen molar-refractivity contribution in [2.24, 2.45) is 0 Å². The lowest BCUT2D eigenvalue weighted by molar-refractivity contribution is 0.608. The van der Waals surface area contributed by atoms with Gasteiger partial charge in [-0.3, -0.25) is 0 Å². The lowest BCUT2D eigenvalue weighted by Gasteiger charge is -2.13. The van der Waals surface area contributed by atoms with Crippen molar-refractivity contribution < 1.29 is 0 Å². The van der Waals surface area contributed by atoms with Crippen LogP contribution in [0.1, 0.15) is 42.6 Å². The lowest BCUT2D eigenvalue weighted by atomic mass is 9.99. The molecule has 1 atom stereocenters. The number of aryl methyl sites for hydroxylation is 1. The third-order valence-electron chi connectivity index (χ3n) is 4.13. The second-order valence-corrected chi connectivity index (χ2v) is 5.92. The predicted octanol–water partition coefficient (Wildman–Crippen LogP) is 3.34. The second kappa shape index (κ2) is 5.41. The third kappa shape index (κ3) is 2.63. The van der Waals surface area contributed by atoms with E-state index in [1.54, 1.807) is 0 Å². The summed E-state index contributed by atoms with van der Waals surface area (Å²) in [6.45, 7) is 7.64. The van der Waals surface area contributed by atoms with E-state index in [4.69, 9.17) is 5.10 Å². The highest BCUT2D eigenvalue weighted by Crippen LogP contribution is 2.26. The van der Waals surface area contributed by atoms with Gasteiger partial charge in [-0.05, 0) is 44.7 Å². The predicted molar refractivity (Wildman–Crippen MR) is 82.5 cm³/mol. The Bertz CT molecular complexity index is 582. The van der Waals surface area contributed by atoms with Gasteiger partial charge in [0.15, 0.2) is 0 Å². The van der Waals surface area contributed by atoms with E-state index in [9.17, 15) is 0 Å². The number of hydrogen-bond donors (Lipinski definition) is 1. The van der Waals surface area contributed by atoms with Crippen molar-refractivity contribution in [3.05, 3.63) is 47.3 Å². The van der Waals surface area contributed by atoms with E-state index < -0.39 is 0 Å². The van der Waals surface area contributed by atoms with Crippen LogP contribution in [0.15, 0.2) is 30.3 Å². The summed E-state index contributed by atoms with van der Waals surface area (Å²) in [6.07, 6.45) is 2.68. The molecule has 1 aliphatic rings. The van der Waals surface area contributed by atoms with Gasteiger partial charge in [-0.15, -0.1) is 0 Å². The van der Waals surface area contributed by atoms with Crippen molar-refractivity contribution in [1.82, 2.24) is 15.1 Å². The minimum atomic E-state index is 0.507. The van der Waals surface area contributed by atoms with Gasteiger partial charge < -0.3 is 5.32 Å². The summed E-state index contributed by atoms with van der Waals surface area (Å²) < 4.78 is 2.07. The molecule has 1 aromatic heterocycles. The van der Waals surface area contributed by atoms with Crippen LogP contribution in [0, 0.1) is 13.8 Å². The molecule has 1 fully saturated rings. The Kier molecular flexibility index (Phi) is 3.62. The fourth-order valence-electron chi connectivity index (χ4n) is 2.92. The third-order valence-corrected chi connectivity index (χ3v) is 4.13. The Labute approximate surface area is 121 Å². The Balaban J connectivity index is 1.86. The number of nitrogens with one attached hydrogen (secondary N) is 1. The summed E-state index contributed by atoms with van der Waals surface area (Å²) in [5, 5.41) is 8.35. The van der Waals surface area contributed by atoms with E-state index in [1.165, 1.54) is 24.1 Å². The molecule has 0 bridgehead atoms. The molecule has 0 aliphatic heterocycles. The quantitative estimate of drug-likeness (QED) is 0.902. The molecular formula is C17H23N3. The van der Waals surface area contributed by atoms with E-state index in [1.807, 2.05) is 6.07 Å². The largest absolute Gasteiger partial charge is 0.313 e. The van der Waals surface area contributed by atoms with Crippen molar-refractivity contribution >= 4 is 0 Å². The zero-order valence-corrected chi connectivity index (χ0v) is 12.6. The number of hydrogen-bond acceptors (Lipinski definition) is 2. The van der Waals surface area contributed by atoms with Gasteiger partial charge in [0.05, 0.1) is 11.4 Å². The Morgan fingerprint density at radius 3 is 2.60 bits per heavy atom. The molecule has 106 valence electrons. The molecule has 0 saturated heterocycles. The second-order valence-electron chi connectivity index (χ2n) is 5.92. The van der Waals surface area contributed by atoms with E-state index in [2.05, 4.69) is 55.0 Å². The van der Waals surface area contributed by atoms with Crippen LogP contribution < -0.4 is 5.32 Å². The molecule has 0 spiro atoms. The maximum absolute atomic E-state index is 4.73.